The first-order valence-electron chi connectivity index (χ1n) is 11.0. The molecule has 36 heavy (non-hydrogen) atoms. The van der Waals surface area contributed by atoms with E-state index in [0.717, 1.165) is 12.1 Å². The summed E-state index contributed by atoms with van der Waals surface area (Å²) in [5.74, 6) is -1.06. The van der Waals surface area contributed by atoms with E-state index in [2.05, 4.69) is 10.0 Å². The third-order valence-corrected chi connectivity index (χ3v) is 7.82. The van der Waals surface area contributed by atoms with Gasteiger partial charge in [0.05, 0.1) is 11.5 Å². The summed E-state index contributed by atoms with van der Waals surface area (Å²) in [7, 11) is -2.49. The number of alkyl halides is 3. The summed E-state index contributed by atoms with van der Waals surface area (Å²) in [6, 6.07) is 7.60. The van der Waals surface area contributed by atoms with Gasteiger partial charge in [0.1, 0.15) is 12.1 Å². The van der Waals surface area contributed by atoms with Gasteiger partial charge in [-0.2, -0.15) is 13.2 Å². The van der Waals surface area contributed by atoms with Gasteiger partial charge in [0.2, 0.25) is 10.0 Å². The molecule has 0 spiro atoms. The fraction of sp³-hybridized carbons (Fsp3) is 0.391. The molecule has 0 aromatic heterocycles. The third kappa shape index (κ3) is 4.59. The van der Waals surface area contributed by atoms with E-state index in [1.54, 1.807) is 0 Å². The number of carbonyl (C=O) groups excluding carboxylic acids is 2. The second-order valence-electron chi connectivity index (χ2n) is 8.72. The molecule has 0 radical (unpaired) electrons. The topological polar surface area (TPSA) is 125 Å². The van der Waals surface area contributed by atoms with Gasteiger partial charge in [-0.3, -0.25) is 9.59 Å². The summed E-state index contributed by atoms with van der Waals surface area (Å²) in [6.07, 6.45) is -5.12. The van der Waals surface area contributed by atoms with Crippen LogP contribution in [-0.4, -0.2) is 56.2 Å². The number of hydrogen-bond acceptors (Lipinski definition) is 6. The van der Waals surface area contributed by atoms with E-state index in [0.29, 0.717) is 31.1 Å². The number of benzene rings is 2. The maximum absolute atomic E-state index is 13.3. The van der Waals surface area contributed by atoms with Crippen molar-refractivity contribution in [3.8, 4) is 0 Å². The van der Waals surface area contributed by atoms with Crippen molar-refractivity contribution in [3.05, 3.63) is 59.2 Å². The Morgan fingerprint density at radius 2 is 1.78 bits per heavy atom. The molecule has 13 heteroatoms. The average Bonchev–Trinajstić information content (AvgIpc) is 3.16. The largest absolute Gasteiger partial charge is 0.421 e. The van der Waals surface area contributed by atoms with Gasteiger partial charge in [-0.25, -0.2) is 13.1 Å². The number of fused-ring (bicyclic) bond motifs is 1. The van der Waals surface area contributed by atoms with Gasteiger partial charge in [-0.1, -0.05) is 18.2 Å². The number of halogens is 3. The number of hydrogen-bond donors (Lipinski definition) is 3. The SMILES string of the molecule is CNS(=O)(=O)c1ccc2c(c1)CN(C(=O)C1CCO1)C2C(=O)Nc1ccc(C(C)(O)C(F)(F)F)cc1. The first-order valence-corrected chi connectivity index (χ1v) is 12.4. The molecule has 4 rings (SSSR count). The highest BCUT2D eigenvalue weighted by Crippen LogP contribution is 2.40. The smallest absolute Gasteiger partial charge is 0.376 e. The number of ether oxygens (including phenoxy) is 1. The summed E-state index contributed by atoms with van der Waals surface area (Å²) in [4.78, 5) is 27.6. The van der Waals surface area contributed by atoms with Crippen molar-refractivity contribution >= 4 is 27.5 Å². The van der Waals surface area contributed by atoms with Gasteiger partial charge < -0.3 is 20.1 Å². The fourth-order valence-corrected chi connectivity index (χ4v) is 4.85. The van der Waals surface area contributed by atoms with Crippen molar-refractivity contribution < 1.29 is 41.0 Å². The molecule has 2 heterocycles. The van der Waals surface area contributed by atoms with Crippen LogP contribution >= 0.6 is 0 Å². The van der Waals surface area contributed by atoms with Gasteiger partial charge in [-0.15, -0.1) is 0 Å². The number of nitrogens with zero attached hydrogens (tertiary/aromatic N) is 1. The lowest BCUT2D eigenvalue weighted by Gasteiger charge is -2.32. The predicted molar refractivity (Wildman–Crippen MR) is 121 cm³/mol. The average molecular weight is 528 g/mol. The van der Waals surface area contributed by atoms with E-state index in [1.165, 1.54) is 42.3 Å². The lowest BCUT2D eigenvalue weighted by Crippen LogP contribution is -2.47. The minimum atomic E-state index is -4.89. The minimum Gasteiger partial charge on any atom is -0.376 e. The molecule has 2 aromatic rings. The Morgan fingerprint density at radius 3 is 2.31 bits per heavy atom. The van der Waals surface area contributed by atoms with Gasteiger partial charge in [0, 0.05) is 18.7 Å². The number of nitrogens with one attached hydrogen (secondary N) is 2. The molecule has 3 atom stereocenters. The van der Waals surface area contributed by atoms with Crippen LogP contribution in [-0.2, 0) is 36.5 Å². The number of sulfonamides is 1. The highest BCUT2D eigenvalue weighted by atomic mass is 32.2. The van der Waals surface area contributed by atoms with Crippen LogP contribution in [0.3, 0.4) is 0 Å². The lowest BCUT2D eigenvalue weighted by molar-refractivity contribution is -0.258. The van der Waals surface area contributed by atoms with Crippen LogP contribution in [0.25, 0.3) is 0 Å². The molecule has 2 aliphatic heterocycles. The molecule has 3 N–H and O–H groups in total. The highest BCUT2D eigenvalue weighted by Gasteiger charge is 2.51. The summed E-state index contributed by atoms with van der Waals surface area (Å²) in [5, 5.41) is 12.4. The molecule has 1 fully saturated rings. The zero-order chi connectivity index (χ0) is 26.5. The molecule has 3 unspecified atom stereocenters. The number of rotatable bonds is 6. The van der Waals surface area contributed by atoms with Gasteiger partial charge in [-0.05, 0) is 54.9 Å². The zero-order valence-electron chi connectivity index (χ0n) is 19.3. The van der Waals surface area contributed by atoms with E-state index in [4.69, 9.17) is 4.74 Å². The second kappa shape index (κ2) is 9.14. The number of aliphatic hydroxyl groups is 1. The monoisotopic (exact) mass is 527 g/mol. The molecule has 1 saturated heterocycles. The van der Waals surface area contributed by atoms with E-state index >= 15 is 0 Å². The number of anilines is 1. The number of amides is 2. The van der Waals surface area contributed by atoms with Crippen LogP contribution < -0.4 is 10.0 Å². The summed E-state index contributed by atoms with van der Waals surface area (Å²) >= 11 is 0. The minimum absolute atomic E-state index is 0.0213. The Bertz CT molecular complexity index is 1290. The number of carbonyl (C=O) groups is 2. The molecule has 2 amide bonds. The molecule has 194 valence electrons. The first-order chi connectivity index (χ1) is 16.8. The van der Waals surface area contributed by atoms with Gasteiger partial charge in [0.25, 0.3) is 11.8 Å². The molecule has 0 bridgehead atoms. The van der Waals surface area contributed by atoms with E-state index in [1.807, 2.05) is 0 Å². The Labute approximate surface area is 205 Å². The fourth-order valence-electron chi connectivity index (χ4n) is 4.07. The first kappa shape index (κ1) is 26.1. The van der Waals surface area contributed by atoms with Crippen LogP contribution in [0, 0.1) is 0 Å². The lowest BCUT2D eigenvalue weighted by atomic mass is 9.95. The van der Waals surface area contributed by atoms with Gasteiger partial charge in [0.15, 0.2) is 5.60 Å². The molecule has 0 aliphatic carbocycles. The van der Waals surface area contributed by atoms with Crippen molar-refractivity contribution in [3.63, 3.8) is 0 Å². The zero-order valence-corrected chi connectivity index (χ0v) is 20.1. The maximum Gasteiger partial charge on any atom is 0.421 e. The van der Waals surface area contributed by atoms with Crippen molar-refractivity contribution in [2.24, 2.45) is 0 Å². The van der Waals surface area contributed by atoms with Crippen LogP contribution in [0.5, 0.6) is 0 Å². The molecular formula is C23H24F3N3O6S. The Morgan fingerprint density at radius 1 is 1.14 bits per heavy atom. The van der Waals surface area contributed by atoms with Crippen molar-refractivity contribution in [2.75, 3.05) is 19.0 Å². The van der Waals surface area contributed by atoms with Crippen LogP contribution in [0.15, 0.2) is 47.4 Å². The predicted octanol–water partition coefficient (Wildman–Crippen LogP) is 2.18. The summed E-state index contributed by atoms with van der Waals surface area (Å²) in [5.41, 5.74) is -2.44. The Kier molecular flexibility index (Phi) is 6.62. The summed E-state index contributed by atoms with van der Waals surface area (Å²) < 4.78 is 71.2. The van der Waals surface area contributed by atoms with Crippen molar-refractivity contribution in [1.82, 2.24) is 9.62 Å². The molecule has 9 nitrogen and oxygen atoms in total. The van der Waals surface area contributed by atoms with E-state index < -0.39 is 51.3 Å². The van der Waals surface area contributed by atoms with Crippen LogP contribution in [0.4, 0.5) is 18.9 Å². The standard InChI is InChI=1S/C23H24F3N3O6S/c1-22(32,23(24,25)26)14-3-5-15(6-4-14)28-20(30)19-17-8-7-16(36(33,34)27-2)11-13(17)12-29(19)21(31)18-9-10-35-18/h3-8,11,18-19,27,32H,9-10,12H2,1-2H3,(H,28,30). The normalized spacial score (nSPS) is 21.3. The van der Waals surface area contributed by atoms with E-state index in [9.17, 15) is 36.3 Å². The Balaban J connectivity index is 1.62. The Hall–Kier alpha value is -3.00. The third-order valence-electron chi connectivity index (χ3n) is 6.41. The summed E-state index contributed by atoms with van der Waals surface area (Å²) in [6.45, 7) is 1.02. The molecule has 2 aromatic carbocycles. The van der Waals surface area contributed by atoms with E-state index in [-0.39, 0.29) is 17.1 Å². The highest BCUT2D eigenvalue weighted by molar-refractivity contribution is 7.89. The van der Waals surface area contributed by atoms with Gasteiger partial charge >= 0.3 is 6.18 Å². The van der Waals surface area contributed by atoms with Crippen LogP contribution in [0.2, 0.25) is 0 Å². The quantitative estimate of drug-likeness (QED) is 0.529. The van der Waals surface area contributed by atoms with Crippen molar-refractivity contribution in [2.45, 2.75) is 48.7 Å². The maximum atomic E-state index is 13.3. The van der Waals surface area contributed by atoms with Crippen molar-refractivity contribution in [1.29, 1.82) is 0 Å². The molecular weight excluding hydrogens is 503 g/mol. The molecule has 2 aliphatic rings. The second-order valence-corrected chi connectivity index (χ2v) is 10.6. The molecule has 0 saturated carbocycles. The van der Waals surface area contributed by atoms with Crippen LogP contribution in [0.1, 0.15) is 36.1 Å².